The van der Waals surface area contributed by atoms with Crippen molar-refractivity contribution in [3.8, 4) is 0 Å². The zero-order valence-electron chi connectivity index (χ0n) is 24.1. The molecule has 42 heavy (non-hydrogen) atoms. The van der Waals surface area contributed by atoms with Gasteiger partial charge in [0.05, 0.1) is 10.6 Å². The number of nitrogens with one attached hydrogen (secondary N) is 2. The number of nitrogens with zero attached hydrogens (tertiary/aromatic N) is 4. The van der Waals surface area contributed by atoms with Crippen molar-refractivity contribution in [3.05, 3.63) is 102 Å². The summed E-state index contributed by atoms with van der Waals surface area (Å²) < 4.78 is 15.7. The van der Waals surface area contributed by atoms with Gasteiger partial charge in [-0.05, 0) is 75.0 Å². The number of anilines is 2. The van der Waals surface area contributed by atoms with Gasteiger partial charge in [-0.25, -0.2) is 14.2 Å². The average molecular weight is 585 g/mol. The Morgan fingerprint density at radius 1 is 0.905 bits per heavy atom. The number of benzene rings is 3. The lowest BCUT2D eigenvalue weighted by molar-refractivity contribution is -0.106. The van der Waals surface area contributed by atoms with Crippen molar-refractivity contribution >= 4 is 46.2 Å². The van der Waals surface area contributed by atoms with E-state index < -0.39 is 11.0 Å². The van der Waals surface area contributed by atoms with E-state index in [4.69, 9.17) is 9.79 Å². The summed E-state index contributed by atoms with van der Waals surface area (Å²) in [6.07, 6.45) is 5.09. The number of hydrogen-bond acceptors (Lipinski definition) is 7. The van der Waals surface area contributed by atoms with Gasteiger partial charge in [-0.2, -0.15) is 0 Å². The number of aldehydes is 1. The van der Waals surface area contributed by atoms with E-state index in [1.54, 1.807) is 6.20 Å². The lowest BCUT2D eigenvalue weighted by Gasteiger charge is -2.32. The molecule has 1 saturated heterocycles. The molecule has 218 valence electrons. The van der Waals surface area contributed by atoms with Crippen molar-refractivity contribution in [1.29, 1.82) is 0 Å². The van der Waals surface area contributed by atoms with Gasteiger partial charge >= 0.3 is 0 Å². The van der Waals surface area contributed by atoms with Gasteiger partial charge in [0.1, 0.15) is 17.3 Å². The predicted molar refractivity (Wildman–Crippen MR) is 171 cm³/mol. The summed E-state index contributed by atoms with van der Waals surface area (Å²) in [7, 11) is 0.735. The number of carbonyl (C=O) groups is 2. The number of carbonyl (C=O) groups excluding carboxylic acids is 2. The van der Waals surface area contributed by atoms with Gasteiger partial charge in [-0.1, -0.05) is 35.9 Å². The molecule has 0 aliphatic carbocycles. The lowest BCUT2D eigenvalue weighted by Crippen LogP contribution is -2.47. The minimum atomic E-state index is -1.34. The highest BCUT2D eigenvalue weighted by molar-refractivity contribution is 7.86. The number of aryl methyl sites for hydroxylation is 1. The van der Waals surface area contributed by atoms with Crippen molar-refractivity contribution in [2.24, 2.45) is 9.98 Å². The van der Waals surface area contributed by atoms with Crippen LogP contribution in [0.5, 0.6) is 0 Å². The third-order valence-corrected chi connectivity index (χ3v) is 7.82. The summed E-state index contributed by atoms with van der Waals surface area (Å²) in [5.41, 5.74) is 5.19. The van der Waals surface area contributed by atoms with E-state index in [-0.39, 0.29) is 5.91 Å². The standard InChI is InChI=1S/C30H32N6O2S.C2H4O/c1-22-5-15-27(16-6-22)39(38)34-26-13-7-23(8-14-26)28-4-3-17-31-30(33-28)32-25-11-9-24(10-12-25)29(37)36-20-18-35(2)19-21-36;1-2-3/h3,5-17,34H,4,18-21H2,1-2H3,(H,31,32);2H,1H3. The third-order valence-electron chi connectivity index (χ3n) is 6.70. The summed E-state index contributed by atoms with van der Waals surface area (Å²) in [6.45, 7) is 6.73. The summed E-state index contributed by atoms with van der Waals surface area (Å²) in [5.74, 6) is 0.532. The Hall–Kier alpha value is -4.41. The van der Waals surface area contributed by atoms with Crippen molar-refractivity contribution in [2.75, 3.05) is 43.3 Å². The first kappa shape index (κ1) is 30.5. The van der Waals surface area contributed by atoms with E-state index in [9.17, 15) is 9.00 Å². The molecule has 0 saturated carbocycles. The minimum Gasteiger partial charge on any atom is -0.336 e. The molecule has 1 amide bonds. The topological polar surface area (TPSA) is 106 Å². The van der Waals surface area contributed by atoms with Gasteiger partial charge in [-0.15, -0.1) is 0 Å². The quantitative estimate of drug-likeness (QED) is 0.401. The fourth-order valence-electron chi connectivity index (χ4n) is 4.31. The van der Waals surface area contributed by atoms with Crippen molar-refractivity contribution in [1.82, 2.24) is 9.80 Å². The molecule has 2 aliphatic heterocycles. The smallest absolute Gasteiger partial charge is 0.253 e. The Kier molecular flexibility index (Phi) is 10.9. The normalized spacial score (nSPS) is 15.7. The van der Waals surface area contributed by atoms with Crippen LogP contribution in [-0.4, -0.2) is 71.1 Å². The van der Waals surface area contributed by atoms with Crippen molar-refractivity contribution in [2.45, 2.75) is 25.2 Å². The van der Waals surface area contributed by atoms with Gasteiger partial charge < -0.3 is 24.6 Å². The highest BCUT2D eigenvalue weighted by atomic mass is 32.2. The van der Waals surface area contributed by atoms with Crippen LogP contribution in [0.25, 0.3) is 0 Å². The van der Waals surface area contributed by atoms with Crippen LogP contribution >= 0.6 is 0 Å². The molecule has 1 atom stereocenters. The highest BCUT2D eigenvalue weighted by Crippen LogP contribution is 2.18. The second kappa shape index (κ2) is 15.0. The lowest BCUT2D eigenvalue weighted by atomic mass is 10.1. The molecule has 0 radical (unpaired) electrons. The minimum absolute atomic E-state index is 0.0605. The molecule has 2 heterocycles. The SMILES string of the molecule is CC=O.Cc1ccc(S(=O)Nc2ccc(C3=NC(Nc4ccc(C(=O)N5CCN(C)CC5)cc4)=NC=CC3)cc2)cc1. The fraction of sp³-hybridized carbons (Fsp3) is 0.250. The Morgan fingerprint density at radius 2 is 1.52 bits per heavy atom. The largest absolute Gasteiger partial charge is 0.336 e. The van der Waals surface area contributed by atoms with E-state index in [1.165, 1.54) is 6.92 Å². The van der Waals surface area contributed by atoms with Crippen molar-refractivity contribution in [3.63, 3.8) is 0 Å². The Balaban J connectivity index is 0.00000129. The molecule has 9 nitrogen and oxygen atoms in total. The monoisotopic (exact) mass is 584 g/mol. The van der Waals surface area contributed by atoms with Gasteiger partial charge in [0.15, 0.2) is 0 Å². The molecule has 1 unspecified atom stereocenters. The maximum atomic E-state index is 12.8. The molecule has 0 bridgehead atoms. The van der Waals surface area contributed by atoms with E-state index in [0.717, 1.165) is 65.6 Å². The molecule has 3 aromatic rings. The highest BCUT2D eigenvalue weighted by Gasteiger charge is 2.20. The first-order chi connectivity index (χ1) is 20.4. The van der Waals surface area contributed by atoms with Gasteiger partial charge in [-0.3, -0.25) is 4.79 Å². The number of guanidine groups is 1. The molecule has 3 aromatic carbocycles. The van der Waals surface area contributed by atoms with E-state index in [0.29, 0.717) is 17.9 Å². The zero-order chi connectivity index (χ0) is 29.9. The number of amides is 1. The maximum Gasteiger partial charge on any atom is 0.253 e. The van der Waals surface area contributed by atoms with Crippen LogP contribution in [0.1, 0.15) is 34.8 Å². The fourth-order valence-corrected chi connectivity index (χ4v) is 5.16. The van der Waals surface area contributed by atoms with E-state index in [2.05, 4.69) is 27.0 Å². The molecular formula is C32H36N6O3S. The van der Waals surface area contributed by atoms with Gasteiger partial charge in [0, 0.05) is 55.7 Å². The molecule has 2 aliphatic rings. The Labute approximate surface area is 249 Å². The van der Waals surface area contributed by atoms with Crippen LogP contribution in [0, 0.1) is 6.92 Å². The van der Waals surface area contributed by atoms with Crippen LogP contribution in [0.3, 0.4) is 0 Å². The molecule has 0 spiro atoms. The van der Waals surface area contributed by atoms with Crippen LogP contribution in [0.2, 0.25) is 0 Å². The second-order valence-corrected chi connectivity index (χ2v) is 11.1. The second-order valence-electron chi connectivity index (χ2n) is 9.89. The summed E-state index contributed by atoms with van der Waals surface area (Å²) >= 11 is 0. The van der Waals surface area contributed by atoms with E-state index in [1.807, 2.05) is 90.7 Å². The summed E-state index contributed by atoms with van der Waals surface area (Å²) in [4.78, 5) is 35.7. The number of likely N-dealkylation sites (N-methyl/N-ethyl adjacent to an activating group) is 1. The van der Waals surface area contributed by atoms with Crippen LogP contribution < -0.4 is 10.0 Å². The molecular weight excluding hydrogens is 548 g/mol. The molecule has 10 heteroatoms. The number of piperazine rings is 1. The van der Waals surface area contributed by atoms with Gasteiger partial charge in [0.2, 0.25) is 5.96 Å². The van der Waals surface area contributed by atoms with Crippen LogP contribution in [0.15, 0.2) is 100.0 Å². The average Bonchev–Trinajstić information content (AvgIpc) is 3.24. The summed E-state index contributed by atoms with van der Waals surface area (Å²) in [6, 6.07) is 22.8. The molecule has 0 aromatic heterocycles. The number of rotatable bonds is 6. The third kappa shape index (κ3) is 8.55. The predicted octanol–water partition coefficient (Wildman–Crippen LogP) is 4.90. The number of aliphatic imine (C=N–C) groups is 2. The van der Waals surface area contributed by atoms with E-state index >= 15 is 0 Å². The first-order valence-electron chi connectivity index (χ1n) is 13.8. The Morgan fingerprint density at radius 3 is 2.17 bits per heavy atom. The summed E-state index contributed by atoms with van der Waals surface area (Å²) in [5, 5.41) is 3.26. The number of hydrogen-bond donors (Lipinski definition) is 2. The first-order valence-corrected chi connectivity index (χ1v) is 14.9. The van der Waals surface area contributed by atoms with Crippen LogP contribution in [-0.2, 0) is 15.8 Å². The van der Waals surface area contributed by atoms with Gasteiger partial charge in [0.25, 0.3) is 5.91 Å². The molecule has 5 rings (SSSR count). The van der Waals surface area contributed by atoms with Crippen LogP contribution in [0.4, 0.5) is 11.4 Å². The maximum absolute atomic E-state index is 12.8. The molecule has 2 N–H and O–H groups in total. The molecule has 1 fully saturated rings. The number of allylic oxidation sites excluding steroid dienone is 1. The Bertz CT molecular complexity index is 1470. The zero-order valence-corrected chi connectivity index (χ0v) is 24.9. The van der Waals surface area contributed by atoms with Crippen molar-refractivity contribution < 1.29 is 13.8 Å².